The smallest absolute Gasteiger partial charge is 0.326 e. The number of carbonyl (C=O) groups is 4. The molecule has 2 rings (SSSR count). The molecule has 4 atom stereocenters. The minimum absolute atomic E-state index is 0.0718. The number of H-pyrrole nitrogens is 1. The fraction of sp³-hybridized carbons (Fsp3) is 0.632. The Hall–Kier alpha value is -2.99. The minimum Gasteiger partial charge on any atom is -0.480 e. The van der Waals surface area contributed by atoms with Gasteiger partial charge in [-0.15, -0.1) is 0 Å². The first kappa shape index (κ1) is 24.3. The molecule has 1 aromatic rings. The van der Waals surface area contributed by atoms with Gasteiger partial charge >= 0.3 is 5.97 Å². The number of carboxylic acids is 1. The third-order valence-electron chi connectivity index (χ3n) is 5.19. The topological polar surface area (TPSA) is 191 Å². The maximum atomic E-state index is 13.2. The van der Waals surface area contributed by atoms with E-state index in [0.717, 1.165) is 0 Å². The van der Waals surface area contributed by atoms with Gasteiger partial charge < -0.3 is 36.5 Å². The number of aromatic amines is 1. The van der Waals surface area contributed by atoms with Crippen LogP contribution in [-0.4, -0.2) is 86.1 Å². The Labute approximate surface area is 179 Å². The average Bonchev–Trinajstić information content (AvgIpc) is 3.41. The summed E-state index contributed by atoms with van der Waals surface area (Å²) in [5.41, 5.74) is 6.09. The van der Waals surface area contributed by atoms with Crippen LogP contribution in [0.25, 0.3) is 0 Å². The van der Waals surface area contributed by atoms with Crippen molar-refractivity contribution in [2.45, 2.75) is 57.3 Å². The van der Waals surface area contributed by atoms with Gasteiger partial charge in [0.2, 0.25) is 17.7 Å². The highest BCUT2D eigenvalue weighted by Gasteiger charge is 2.39. The van der Waals surface area contributed by atoms with Gasteiger partial charge in [-0.2, -0.15) is 0 Å². The molecule has 0 radical (unpaired) electrons. The number of carbonyl (C=O) groups excluding carboxylic acids is 3. The van der Waals surface area contributed by atoms with Crippen molar-refractivity contribution in [2.24, 2.45) is 11.7 Å². The first-order valence-corrected chi connectivity index (χ1v) is 10.1. The summed E-state index contributed by atoms with van der Waals surface area (Å²) in [4.78, 5) is 57.7. The normalized spacial score (nSPS) is 19.0. The van der Waals surface area contributed by atoms with Gasteiger partial charge in [-0.05, 0) is 18.8 Å². The van der Waals surface area contributed by atoms with Crippen LogP contribution in [0.4, 0.5) is 0 Å². The molecule has 3 amide bonds. The second kappa shape index (κ2) is 10.9. The first-order valence-electron chi connectivity index (χ1n) is 10.1. The summed E-state index contributed by atoms with van der Waals surface area (Å²) in [5, 5.41) is 23.6. The predicted octanol–water partition coefficient (Wildman–Crippen LogP) is -2.03. The van der Waals surface area contributed by atoms with Gasteiger partial charge in [0.15, 0.2) is 0 Å². The van der Waals surface area contributed by atoms with E-state index in [1.165, 1.54) is 17.4 Å². The Balaban J connectivity index is 2.20. The zero-order valence-electron chi connectivity index (χ0n) is 17.6. The summed E-state index contributed by atoms with van der Waals surface area (Å²) in [5.74, 6) is -3.26. The van der Waals surface area contributed by atoms with Crippen molar-refractivity contribution in [2.75, 3.05) is 13.2 Å². The van der Waals surface area contributed by atoms with Crippen LogP contribution in [-0.2, 0) is 25.6 Å². The van der Waals surface area contributed by atoms with Crippen molar-refractivity contribution in [3.8, 4) is 0 Å². The van der Waals surface area contributed by atoms with Crippen LogP contribution in [0.1, 0.15) is 32.4 Å². The summed E-state index contributed by atoms with van der Waals surface area (Å²) >= 11 is 0. The number of aliphatic carboxylic acids is 1. The van der Waals surface area contributed by atoms with Crippen LogP contribution < -0.4 is 16.4 Å². The van der Waals surface area contributed by atoms with Gasteiger partial charge in [0, 0.05) is 24.9 Å². The average molecular weight is 438 g/mol. The van der Waals surface area contributed by atoms with Gasteiger partial charge in [-0.1, -0.05) is 13.8 Å². The zero-order chi connectivity index (χ0) is 23.1. The maximum Gasteiger partial charge on any atom is 0.326 e. The van der Waals surface area contributed by atoms with E-state index in [4.69, 9.17) is 10.8 Å². The predicted molar refractivity (Wildman–Crippen MR) is 108 cm³/mol. The molecule has 4 unspecified atom stereocenters. The summed E-state index contributed by atoms with van der Waals surface area (Å²) in [6, 6.07) is -4.19. The molecule has 0 aromatic carbocycles. The quantitative estimate of drug-likeness (QED) is 0.241. The Bertz CT molecular complexity index is 783. The molecule has 1 aromatic heterocycles. The molecule has 7 N–H and O–H groups in total. The van der Waals surface area contributed by atoms with Gasteiger partial charge in [0.25, 0.3) is 0 Å². The van der Waals surface area contributed by atoms with Gasteiger partial charge in [-0.3, -0.25) is 14.4 Å². The van der Waals surface area contributed by atoms with Crippen molar-refractivity contribution < 1.29 is 29.4 Å². The number of hydrogen-bond acceptors (Lipinski definition) is 7. The van der Waals surface area contributed by atoms with E-state index in [1.54, 1.807) is 13.8 Å². The number of amides is 3. The number of aliphatic hydroxyl groups is 1. The van der Waals surface area contributed by atoms with Crippen LogP contribution in [0.15, 0.2) is 12.5 Å². The monoisotopic (exact) mass is 438 g/mol. The van der Waals surface area contributed by atoms with Crippen LogP contribution in [0.2, 0.25) is 0 Å². The number of likely N-dealkylation sites (tertiary alicyclic amines) is 1. The highest BCUT2D eigenvalue weighted by molar-refractivity contribution is 5.94. The maximum absolute atomic E-state index is 13.2. The molecule has 1 aliphatic heterocycles. The second-order valence-corrected chi connectivity index (χ2v) is 7.89. The highest BCUT2D eigenvalue weighted by atomic mass is 16.4. The van der Waals surface area contributed by atoms with Gasteiger partial charge in [-0.25, -0.2) is 9.78 Å². The molecular formula is C19H30N6O6. The van der Waals surface area contributed by atoms with Crippen LogP contribution in [0, 0.1) is 5.92 Å². The Morgan fingerprint density at radius 3 is 2.55 bits per heavy atom. The van der Waals surface area contributed by atoms with E-state index >= 15 is 0 Å². The molecule has 0 aliphatic carbocycles. The fourth-order valence-corrected chi connectivity index (χ4v) is 3.44. The van der Waals surface area contributed by atoms with E-state index in [2.05, 4.69) is 20.6 Å². The van der Waals surface area contributed by atoms with Crippen molar-refractivity contribution in [1.82, 2.24) is 25.5 Å². The molecule has 0 saturated carbocycles. The first-order chi connectivity index (χ1) is 14.6. The van der Waals surface area contributed by atoms with Crippen molar-refractivity contribution in [3.63, 3.8) is 0 Å². The van der Waals surface area contributed by atoms with Gasteiger partial charge in [0.05, 0.1) is 12.9 Å². The molecule has 0 bridgehead atoms. The Kier molecular flexibility index (Phi) is 8.51. The summed E-state index contributed by atoms with van der Waals surface area (Å²) in [6.07, 6.45) is 3.91. The Morgan fingerprint density at radius 1 is 1.29 bits per heavy atom. The van der Waals surface area contributed by atoms with E-state index < -0.39 is 54.5 Å². The lowest BCUT2D eigenvalue weighted by atomic mass is 10.0. The number of rotatable bonds is 10. The van der Waals surface area contributed by atoms with Crippen molar-refractivity contribution in [3.05, 3.63) is 18.2 Å². The van der Waals surface area contributed by atoms with Crippen molar-refractivity contribution in [1.29, 1.82) is 0 Å². The Morgan fingerprint density at radius 2 is 2.00 bits per heavy atom. The van der Waals surface area contributed by atoms with Crippen LogP contribution >= 0.6 is 0 Å². The van der Waals surface area contributed by atoms with Crippen molar-refractivity contribution >= 4 is 23.7 Å². The van der Waals surface area contributed by atoms with Crippen LogP contribution in [0.5, 0.6) is 0 Å². The third-order valence-corrected chi connectivity index (χ3v) is 5.19. The molecule has 1 fully saturated rings. The molecule has 2 heterocycles. The third kappa shape index (κ3) is 6.25. The minimum atomic E-state index is -1.18. The lowest BCUT2D eigenvalue weighted by Crippen LogP contribution is -2.59. The lowest BCUT2D eigenvalue weighted by molar-refractivity contribution is -0.149. The summed E-state index contributed by atoms with van der Waals surface area (Å²) < 4.78 is 0. The largest absolute Gasteiger partial charge is 0.480 e. The SMILES string of the molecule is CC(C)C(NC(=O)C(N)CO)C(=O)NC(Cc1cnc[nH]1)C(=O)N1CCCC1C(=O)O. The van der Waals surface area contributed by atoms with E-state index in [0.29, 0.717) is 18.5 Å². The molecule has 1 saturated heterocycles. The number of carboxylic acid groups (broad SMARTS) is 1. The van der Waals surface area contributed by atoms with Gasteiger partial charge in [0.1, 0.15) is 24.2 Å². The standard InChI is InChI=1S/C19H30N6O6/c1-10(2)15(24-16(27)12(20)8-26)17(28)23-13(6-11-7-21-9-22-11)18(29)25-5-3-4-14(25)19(30)31/h7,9-10,12-15,26H,3-6,8,20H2,1-2H3,(H,21,22)(H,23,28)(H,24,27)(H,30,31). The molecular weight excluding hydrogens is 408 g/mol. The molecule has 1 aliphatic rings. The molecule has 0 spiro atoms. The number of nitrogens with zero attached hydrogens (tertiary/aromatic N) is 2. The van der Waals surface area contributed by atoms with E-state index in [1.807, 2.05) is 0 Å². The number of nitrogens with one attached hydrogen (secondary N) is 3. The number of hydrogen-bond donors (Lipinski definition) is 6. The number of aromatic nitrogens is 2. The number of nitrogens with two attached hydrogens (primary N) is 1. The molecule has 172 valence electrons. The fourth-order valence-electron chi connectivity index (χ4n) is 3.44. The lowest BCUT2D eigenvalue weighted by Gasteiger charge is -2.29. The molecule has 12 heteroatoms. The highest BCUT2D eigenvalue weighted by Crippen LogP contribution is 2.19. The van der Waals surface area contributed by atoms with Crippen LogP contribution in [0.3, 0.4) is 0 Å². The number of aliphatic hydroxyl groups excluding tert-OH is 1. The van der Waals surface area contributed by atoms with E-state index in [-0.39, 0.29) is 18.9 Å². The van der Waals surface area contributed by atoms with E-state index in [9.17, 15) is 24.3 Å². The number of imidazole rings is 1. The summed E-state index contributed by atoms with van der Waals surface area (Å²) in [7, 11) is 0. The molecule has 31 heavy (non-hydrogen) atoms. The molecule has 12 nitrogen and oxygen atoms in total. The summed E-state index contributed by atoms with van der Waals surface area (Å²) in [6.45, 7) is 3.12. The zero-order valence-corrected chi connectivity index (χ0v) is 17.6. The second-order valence-electron chi connectivity index (χ2n) is 7.89.